The molecule has 3 nitrogen and oxygen atoms in total. The van der Waals surface area contributed by atoms with Gasteiger partial charge in [-0.05, 0) is 60.9 Å². The third-order valence-corrected chi connectivity index (χ3v) is 4.97. The first-order valence-corrected chi connectivity index (χ1v) is 8.17. The molecule has 0 spiro atoms. The average Bonchev–Trinajstić information content (AvgIpc) is 3.14. The molecule has 0 aliphatic heterocycles. The minimum atomic E-state index is -0.0336. The van der Waals surface area contributed by atoms with Crippen molar-refractivity contribution in [3.63, 3.8) is 0 Å². The van der Waals surface area contributed by atoms with E-state index in [-0.39, 0.29) is 5.91 Å². The minimum Gasteiger partial charge on any atom is -0.358 e. The predicted octanol–water partition coefficient (Wildman–Crippen LogP) is 4.36. The number of fused-ring (bicyclic) bond motifs is 3. The summed E-state index contributed by atoms with van der Waals surface area (Å²) in [6, 6.07) is 9.87. The molecule has 1 aromatic carbocycles. The van der Waals surface area contributed by atoms with E-state index in [0.717, 1.165) is 23.4 Å². The lowest BCUT2D eigenvalue weighted by Gasteiger charge is -2.10. The second-order valence-electron chi connectivity index (χ2n) is 5.48. The highest BCUT2D eigenvalue weighted by Gasteiger charge is 2.16. The molecule has 0 atom stereocenters. The van der Waals surface area contributed by atoms with Gasteiger partial charge in [-0.2, -0.15) is 0 Å². The normalized spacial score (nSPS) is 14.1. The van der Waals surface area contributed by atoms with Gasteiger partial charge in [-0.1, -0.05) is 6.07 Å². The van der Waals surface area contributed by atoms with Gasteiger partial charge < -0.3 is 10.3 Å². The fourth-order valence-corrected chi connectivity index (χ4v) is 3.70. The SMILES string of the molecule is O=C(Nc1ccc2[nH]c3c(c2c1)CCCC3)c1cccs1. The highest BCUT2D eigenvalue weighted by Crippen LogP contribution is 2.31. The van der Waals surface area contributed by atoms with Crippen LogP contribution in [0.2, 0.25) is 0 Å². The van der Waals surface area contributed by atoms with Crippen LogP contribution in [0.3, 0.4) is 0 Å². The number of thiophene rings is 1. The number of H-pyrrole nitrogens is 1. The van der Waals surface area contributed by atoms with E-state index in [0.29, 0.717) is 0 Å². The molecule has 21 heavy (non-hydrogen) atoms. The quantitative estimate of drug-likeness (QED) is 0.725. The van der Waals surface area contributed by atoms with Crippen molar-refractivity contribution in [2.75, 3.05) is 5.32 Å². The summed E-state index contributed by atoms with van der Waals surface area (Å²) in [5.41, 5.74) is 4.85. The molecule has 106 valence electrons. The largest absolute Gasteiger partial charge is 0.358 e. The Bertz CT molecular complexity index is 802. The second-order valence-corrected chi connectivity index (χ2v) is 6.43. The number of aromatic amines is 1. The molecule has 4 rings (SSSR count). The molecular weight excluding hydrogens is 280 g/mol. The molecular formula is C17H16N2OS. The average molecular weight is 296 g/mol. The van der Waals surface area contributed by atoms with E-state index >= 15 is 0 Å². The summed E-state index contributed by atoms with van der Waals surface area (Å²) in [6.45, 7) is 0. The number of benzene rings is 1. The van der Waals surface area contributed by atoms with Crippen molar-refractivity contribution < 1.29 is 4.79 Å². The van der Waals surface area contributed by atoms with Gasteiger partial charge in [0.2, 0.25) is 0 Å². The van der Waals surface area contributed by atoms with Crippen LogP contribution < -0.4 is 5.32 Å². The minimum absolute atomic E-state index is 0.0336. The lowest BCUT2D eigenvalue weighted by Crippen LogP contribution is -2.09. The fourth-order valence-electron chi connectivity index (χ4n) is 3.08. The Morgan fingerprint density at radius 1 is 1.19 bits per heavy atom. The summed E-state index contributed by atoms with van der Waals surface area (Å²) in [5.74, 6) is -0.0336. The summed E-state index contributed by atoms with van der Waals surface area (Å²) in [5, 5.41) is 6.17. The Balaban J connectivity index is 1.68. The Hall–Kier alpha value is -2.07. The molecule has 1 amide bonds. The zero-order valence-electron chi connectivity index (χ0n) is 11.6. The van der Waals surface area contributed by atoms with E-state index in [1.54, 1.807) is 0 Å². The monoisotopic (exact) mass is 296 g/mol. The van der Waals surface area contributed by atoms with Crippen LogP contribution in [0.5, 0.6) is 0 Å². The van der Waals surface area contributed by atoms with E-state index in [1.807, 2.05) is 23.6 Å². The highest BCUT2D eigenvalue weighted by molar-refractivity contribution is 7.12. The van der Waals surface area contributed by atoms with Crippen LogP contribution in [0.4, 0.5) is 5.69 Å². The summed E-state index contributed by atoms with van der Waals surface area (Å²) >= 11 is 1.46. The fraction of sp³-hybridized carbons (Fsp3) is 0.235. The molecule has 3 aromatic rings. The van der Waals surface area contributed by atoms with Crippen LogP contribution >= 0.6 is 11.3 Å². The highest BCUT2D eigenvalue weighted by atomic mass is 32.1. The van der Waals surface area contributed by atoms with Gasteiger partial charge in [0, 0.05) is 22.3 Å². The Morgan fingerprint density at radius 3 is 2.95 bits per heavy atom. The molecule has 0 radical (unpaired) electrons. The smallest absolute Gasteiger partial charge is 0.265 e. The topological polar surface area (TPSA) is 44.9 Å². The zero-order valence-corrected chi connectivity index (χ0v) is 12.4. The van der Waals surface area contributed by atoms with Crippen LogP contribution in [0.15, 0.2) is 35.7 Å². The van der Waals surface area contributed by atoms with Gasteiger partial charge in [0.15, 0.2) is 0 Å². The molecule has 0 saturated heterocycles. The van der Waals surface area contributed by atoms with Gasteiger partial charge in [-0.3, -0.25) is 4.79 Å². The molecule has 1 aliphatic rings. The van der Waals surface area contributed by atoms with Crippen LogP contribution in [0, 0.1) is 0 Å². The molecule has 0 saturated carbocycles. The number of hydrogen-bond donors (Lipinski definition) is 2. The molecule has 1 aliphatic carbocycles. The van der Waals surface area contributed by atoms with Gasteiger partial charge in [0.05, 0.1) is 4.88 Å². The summed E-state index contributed by atoms with van der Waals surface area (Å²) in [7, 11) is 0. The number of aromatic nitrogens is 1. The maximum Gasteiger partial charge on any atom is 0.265 e. The number of aryl methyl sites for hydroxylation is 2. The van der Waals surface area contributed by atoms with Gasteiger partial charge >= 0.3 is 0 Å². The van der Waals surface area contributed by atoms with Crippen molar-refractivity contribution in [1.82, 2.24) is 4.98 Å². The van der Waals surface area contributed by atoms with Crippen molar-refractivity contribution in [3.05, 3.63) is 51.8 Å². The number of anilines is 1. The van der Waals surface area contributed by atoms with Gasteiger partial charge in [-0.25, -0.2) is 0 Å². The van der Waals surface area contributed by atoms with Crippen molar-refractivity contribution in [1.29, 1.82) is 0 Å². The first-order chi connectivity index (χ1) is 10.3. The number of carbonyl (C=O) groups is 1. The van der Waals surface area contributed by atoms with Crippen LogP contribution in [-0.2, 0) is 12.8 Å². The maximum absolute atomic E-state index is 12.1. The Kier molecular flexibility index (Phi) is 3.04. The summed E-state index contributed by atoms with van der Waals surface area (Å²) in [6.07, 6.45) is 4.80. The Morgan fingerprint density at radius 2 is 2.10 bits per heavy atom. The van der Waals surface area contributed by atoms with Crippen molar-refractivity contribution >= 4 is 33.8 Å². The van der Waals surface area contributed by atoms with E-state index in [1.165, 1.54) is 46.3 Å². The van der Waals surface area contributed by atoms with Crippen LogP contribution in [0.25, 0.3) is 10.9 Å². The first-order valence-electron chi connectivity index (χ1n) is 7.29. The number of hydrogen-bond acceptors (Lipinski definition) is 2. The molecule has 2 heterocycles. The predicted molar refractivity (Wildman–Crippen MR) is 87.2 cm³/mol. The molecule has 0 fully saturated rings. The second kappa shape index (κ2) is 5.04. The van der Waals surface area contributed by atoms with Gasteiger partial charge in [0.1, 0.15) is 0 Å². The molecule has 2 aromatic heterocycles. The molecule has 0 bridgehead atoms. The first kappa shape index (κ1) is 12.7. The van der Waals surface area contributed by atoms with Crippen molar-refractivity contribution in [2.45, 2.75) is 25.7 Å². The summed E-state index contributed by atoms with van der Waals surface area (Å²) in [4.78, 5) is 16.4. The summed E-state index contributed by atoms with van der Waals surface area (Å²) < 4.78 is 0. The van der Waals surface area contributed by atoms with Crippen LogP contribution in [-0.4, -0.2) is 10.9 Å². The van der Waals surface area contributed by atoms with Crippen LogP contribution in [0.1, 0.15) is 33.8 Å². The zero-order chi connectivity index (χ0) is 14.2. The Labute approximate surface area is 127 Å². The number of nitrogens with one attached hydrogen (secondary N) is 2. The van der Waals surface area contributed by atoms with E-state index in [9.17, 15) is 4.79 Å². The molecule has 2 N–H and O–H groups in total. The van der Waals surface area contributed by atoms with E-state index in [4.69, 9.17) is 0 Å². The molecule has 0 unspecified atom stereocenters. The van der Waals surface area contributed by atoms with Gasteiger partial charge in [0.25, 0.3) is 5.91 Å². The third kappa shape index (κ3) is 2.25. The van der Waals surface area contributed by atoms with Crippen molar-refractivity contribution in [3.8, 4) is 0 Å². The number of rotatable bonds is 2. The maximum atomic E-state index is 12.1. The lowest BCUT2D eigenvalue weighted by atomic mass is 9.95. The van der Waals surface area contributed by atoms with E-state index < -0.39 is 0 Å². The van der Waals surface area contributed by atoms with Gasteiger partial charge in [-0.15, -0.1) is 11.3 Å². The number of carbonyl (C=O) groups excluding carboxylic acids is 1. The lowest BCUT2D eigenvalue weighted by molar-refractivity contribution is 0.103. The third-order valence-electron chi connectivity index (χ3n) is 4.10. The number of amides is 1. The van der Waals surface area contributed by atoms with E-state index in [2.05, 4.69) is 22.4 Å². The standard InChI is InChI=1S/C17H16N2OS/c20-17(16-6-3-9-21-16)18-11-7-8-15-13(10-11)12-4-1-2-5-14(12)19-15/h3,6-10,19H,1-2,4-5H2,(H,18,20). The van der Waals surface area contributed by atoms with Crippen molar-refractivity contribution in [2.24, 2.45) is 0 Å². The molecule has 4 heteroatoms.